The number of nitrogens with one attached hydrogen (secondary N) is 4. The van der Waals surface area contributed by atoms with Crippen molar-refractivity contribution in [1.29, 1.82) is 0 Å². The summed E-state index contributed by atoms with van der Waals surface area (Å²) < 4.78 is 0. The summed E-state index contributed by atoms with van der Waals surface area (Å²) in [6.45, 7) is 17.5. The minimum absolute atomic E-state index is 0.0172. The van der Waals surface area contributed by atoms with Gasteiger partial charge in [0.25, 0.3) is 5.91 Å². The number of carbonyl (C=O) groups is 7. The number of nitrogens with zero attached hydrogens (tertiary/aromatic N) is 2. The highest BCUT2D eigenvalue weighted by atomic mass is 16.2. The molecule has 2 saturated heterocycles. The lowest BCUT2D eigenvalue weighted by Crippen LogP contribution is -2.63. The Bertz CT molecular complexity index is 1320. The van der Waals surface area contributed by atoms with Crippen LogP contribution in [0.25, 0.3) is 0 Å². The maximum atomic E-state index is 14.7. The lowest BCUT2D eigenvalue weighted by Gasteiger charge is -2.43. The molecule has 3 aliphatic rings. The van der Waals surface area contributed by atoms with Gasteiger partial charge in [0.1, 0.15) is 12.1 Å². The van der Waals surface area contributed by atoms with E-state index < -0.39 is 70.5 Å². The molecule has 1 saturated carbocycles. The van der Waals surface area contributed by atoms with E-state index in [0.717, 1.165) is 25.7 Å². The zero-order chi connectivity index (χ0) is 37.9. The van der Waals surface area contributed by atoms with Crippen LogP contribution >= 0.6 is 0 Å². The molecule has 5 atom stereocenters. The Morgan fingerprint density at radius 1 is 0.961 bits per heavy atom. The number of hydrogen-bond acceptors (Lipinski definition) is 7. The van der Waals surface area contributed by atoms with Gasteiger partial charge in [0.15, 0.2) is 0 Å². The molecule has 7 amide bonds. The average molecular weight is 713 g/mol. The van der Waals surface area contributed by atoms with Crippen molar-refractivity contribution in [2.45, 2.75) is 136 Å². The van der Waals surface area contributed by atoms with Gasteiger partial charge in [-0.05, 0) is 42.9 Å². The second-order valence-corrected chi connectivity index (χ2v) is 15.7. The number of urea groups is 1. The van der Waals surface area contributed by atoms with Crippen LogP contribution in [-0.4, -0.2) is 95.0 Å². The summed E-state index contributed by atoms with van der Waals surface area (Å²) in [4.78, 5) is 96.2. The summed E-state index contributed by atoms with van der Waals surface area (Å²) in [6.07, 6.45) is 10.3. The summed E-state index contributed by atoms with van der Waals surface area (Å²) in [7, 11) is 0. The minimum atomic E-state index is -1.08. The van der Waals surface area contributed by atoms with Gasteiger partial charge < -0.3 is 26.2 Å². The quantitative estimate of drug-likeness (QED) is 0.108. The van der Waals surface area contributed by atoms with Gasteiger partial charge in [-0.25, -0.2) is 4.79 Å². The van der Waals surface area contributed by atoms with E-state index in [1.165, 1.54) is 15.9 Å². The monoisotopic (exact) mass is 712 g/mol. The normalized spacial score (nSPS) is 22.3. The number of carbonyl (C=O) groups excluding carboxylic acids is 7. The molecule has 2 aliphatic heterocycles. The van der Waals surface area contributed by atoms with Crippen LogP contribution in [0.5, 0.6) is 0 Å². The summed E-state index contributed by atoms with van der Waals surface area (Å²) >= 11 is 0. The molecule has 13 nitrogen and oxygen atoms in total. The van der Waals surface area contributed by atoms with Crippen molar-refractivity contribution in [3.63, 3.8) is 0 Å². The summed E-state index contributed by atoms with van der Waals surface area (Å²) in [6, 6.07) is -4.27. The molecule has 3 rings (SSSR count). The third-order valence-corrected chi connectivity index (χ3v) is 10.7. The third kappa shape index (κ3) is 10.7. The number of Topliss-reactive ketones (excluding diaryl/α,β-unsaturated/α-hetero) is 1. The number of ketones is 1. The summed E-state index contributed by atoms with van der Waals surface area (Å²) in [5.74, 6) is -3.50. The topological polar surface area (TPSA) is 174 Å². The predicted octanol–water partition coefficient (Wildman–Crippen LogP) is 3.53. The molecule has 3 fully saturated rings. The molecule has 0 spiro atoms. The Balaban J connectivity index is 1.89. The fraction of sp³-hybridized carbons (Fsp3) is 0.711. The van der Waals surface area contributed by atoms with Gasteiger partial charge in [-0.15, -0.1) is 13.2 Å². The first-order valence-corrected chi connectivity index (χ1v) is 18.6. The van der Waals surface area contributed by atoms with E-state index in [4.69, 9.17) is 0 Å². The van der Waals surface area contributed by atoms with Crippen LogP contribution in [0.4, 0.5) is 4.79 Å². The zero-order valence-electron chi connectivity index (χ0n) is 31.3. The first-order valence-electron chi connectivity index (χ1n) is 18.6. The van der Waals surface area contributed by atoms with E-state index in [2.05, 4.69) is 34.4 Å². The van der Waals surface area contributed by atoms with Crippen LogP contribution in [-0.2, 0) is 28.8 Å². The van der Waals surface area contributed by atoms with Crippen molar-refractivity contribution in [2.24, 2.45) is 16.7 Å². The van der Waals surface area contributed by atoms with E-state index in [-0.39, 0.29) is 50.7 Å². The number of likely N-dealkylation sites (tertiary alicyclic amines) is 2. The fourth-order valence-corrected chi connectivity index (χ4v) is 7.39. The Labute approximate surface area is 303 Å². The number of rotatable bonds is 16. The van der Waals surface area contributed by atoms with E-state index in [1.807, 2.05) is 34.6 Å². The fourth-order valence-electron chi connectivity index (χ4n) is 7.39. The van der Waals surface area contributed by atoms with Crippen molar-refractivity contribution >= 4 is 41.4 Å². The maximum Gasteiger partial charge on any atom is 0.315 e. The Morgan fingerprint density at radius 2 is 1.61 bits per heavy atom. The van der Waals surface area contributed by atoms with Crippen LogP contribution in [0, 0.1) is 16.7 Å². The first-order chi connectivity index (χ1) is 24.1. The minimum Gasteiger partial charge on any atom is -0.346 e. The van der Waals surface area contributed by atoms with E-state index in [9.17, 15) is 33.6 Å². The molecule has 0 radical (unpaired) electrons. The standard InChI is InChI=1S/C38H60N6O7/c1-8-11-16-26(31(47)34(49)39-22-9-2)40-33(48)30-25(10-3)19-23-43(30)35(50)32(38(7)20-13-12-14-21-38)42-36(51)41-27(37(4,5)6)24-44-28(45)17-15-18-29(44)46/h9-10,25-27,30,32H,2-3,8,11-24H2,1,4-7H3,(H,39,49)(H,40,48)(H2,41,42,51)/t25?,26?,27-,30+,32-/m1/s1. The molecule has 2 heterocycles. The molecule has 51 heavy (non-hydrogen) atoms. The second-order valence-electron chi connectivity index (χ2n) is 15.7. The van der Waals surface area contributed by atoms with Gasteiger partial charge in [0.2, 0.25) is 29.4 Å². The van der Waals surface area contributed by atoms with Gasteiger partial charge in [0.05, 0.1) is 12.1 Å². The molecular formula is C38H60N6O7. The lowest BCUT2D eigenvalue weighted by atomic mass is 9.70. The molecule has 0 aromatic carbocycles. The lowest BCUT2D eigenvalue weighted by molar-refractivity contribution is -0.148. The van der Waals surface area contributed by atoms with Gasteiger partial charge in [-0.2, -0.15) is 0 Å². The van der Waals surface area contributed by atoms with Crippen molar-refractivity contribution in [3.05, 3.63) is 25.3 Å². The number of piperidine rings is 1. The SMILES string of the molecule is C=CCNC(=O)C(=O)C(CCCC)NC(=O)[C@@H]1C(C=C)CCN1C(=O)[C@@H](NC(=O)N[C@H](CN1C(=O)CCCC1=O)C(C)(C)C)C1(C)CCCCC1. The first kappa shape index (κ1) is 41.4. The molecule has 0 aromatic rings. The van der Waals surface area contributed by atoms with Crippen LogP contribution in [0.2, 0.25) is 0 Å². The van der Waals surface area contributed by atoms with Crippen molar-refractivity contribution in [2.75, 3.05) is 19.6 Å². The number of hydrogen-bond donors (Lipinski definition) is 4. The maximum absolute atomic E-state index is 14.7. The van der Waals surface area contributed by atoms with Gasteiger partial charge in [-0.1, -0.05) is 78.9 Å². The third-order valence-electron chi connectivity index (χ3n) is 10.7. The Morgan fingerprint density at radius 3 is 2.18 bits per heavy atom. The number of unbranched alkanes of at least 4 members (excludes halogenated alkanes) is 1. The molecule has 1 aliphatic carbocycles. The molecule has 2 unspecified atom stereocenters. The van der Waals surface area contributed by atoms with E-state index in [0.29, 0.717) is 32.1 Å². The average Bonchev–Trinajstić information content (AvgIpc) is 3.53. The van der Waals surface area contributed by atoms with Crippen molar-refractivity contribution < 1.29 is 33.6 Å². The molecular weight excluding hydrogens is 652 g/mol. The molecule has 0 aromatic heterocycles. The Kier molecular flexibility index (Phi) is 15.0. The highest BCUT2D eigenvalue weighted by Gasteiger charge is 2.49. The van der Waals surface area contributed by atoms with Gasteiger partial charge in [0, 0.05) is 38.4 Å². The largest absolute Gasteiger partial charge is 0.346 e. The summed E-state index contributed by atoms with van der Waals surface area (Å²) in [5.41, 5.74) is -1.15. The van der Waals surface area contributed by atoms with E-state index >= 15 is 0 Å². The smallest absolute Gasteiger partial charge is 0.315 e. The van der Waals surface area contributed by atoms with Gasteiger partial charge in [-0.3, -0.25) is 33.7 Å². The number of amides is 7. The highest BCUT2D eigenvalue weighted by molar-refractivity contribution is 6.38. The molecule has 4 N–H and O–H groups in total. The second kappa shape index (κ2) is 18.5. The summed E-state index contributed by atoms with van der Waals surface area (Å²) in [5, 5.41) is 11.2. The Hall–Kier alpha value is -4.03. The van der Waals surface area contributed by atoms with Gasteiger partial charge >= 0.3 is 6.03 Å². The molecule has 13 heteroatoms. The molecule has 284 valence electrons. The van der Waals surface area contributed by atoms with Crippen molar-refractivity contribution in [3.8, 4) is 0 Å². The highest BCUT2D eigenvalue weighted by Crippen LogP contribution is 2.41. The number of imide groups is 1. The van der Waals surface area contributed by atoms with Crippen LogP contribution in [0.1, 0.15) is 112 Å². The van der Waals surface area contributed by atoms with Crippen LogP contribution < -0.4 is 21.3 Å². The van der Waals surface area contributed by atoms with Crippen LogP contribution in [0.3, 0.4) is 0 Å². The predicted molar refractivity (Wildman–Crippen MR) is 194 cm³/mol. The van der Waals surface area contributed by atoms with E-state index in [1.54, 1.807) is 6.08 Å². The van der Waals surface area contributed by atoms with Crippen LogP contribution in [0.15, 0.2) is 25.3 Å². The zero-order valence-corrected chi connectivity index (χ0v) is 31.3. The molecule has 0 bridgehead atoms. The van der Waals surface area contributed by atoms with Crippen molar-refractivity contribution in [1.82, 2.24) is 31.1 Å².